The highest BCUT2D eigenvalue weighted by molar-refractivity contribution is 5.52. The Morgan fingerprint density at radius 1 is 1.12 bits per heavy atom. The van der Waals surface area contributed by atoms with E-state index < -0.39 is 0 Å². The van der Waals surface area contributed by atoms with Crippen LogP contribution in [0, 0.1) is 39.9 Å². The first-order valence-electron chi connectivity index (χ1n) is 5.06. The second-order valence-electron chi connectivity index (χ2n) is 3.28. The minimum atomic E-state index is -0.209. The van der Waals surface area contributed by atoms with Crippen LogP contribution < -0.4 is 5.73 Å². The van der Waals surface area contributed by atoms with E-state index in [1.54, 1.807) is 18.2 Å². The van der Waals surface area contributed by atoms with Gasteiger partial charge in [-0.05, 0) is 18.8 Å². The number of hydrogen-bond donors (Lipinski definition) is 1. The summed E-state index contributed by atoms with van der Waals surface area (Å²) in [6.45, 7) is 4.02. The monoisotopic (exact) mass is 214 g/mol. The molecule has 82 valence electrons. The number of nitrogens with two attached hydrogens (primary N) is 1. The zero-order valence-electron chi connectivity index (χ0n) is 9.49. The molecular formula is C12H14N4. The molecule has 0 amide bonds. The number of hydrogen-bond acceptors (Lipinski definition) is 4. The molecule has 0 aromatic carbocycles. The van der Waals surface area contributed by atoms with Crippen LogP contribution >= 0.6 is 0 Å². The van der Waals surface area contributed by atoms with Crippen LogP contribution in [0.3, 0.4) is 0 Å². The first-order chi connectivity index (χ1) is 7.64. The minimum absolute atomic E-state index is 0.0283. The predicted octanol–water partition coefficient (Wildman–Crippen LogP) is 2.13. The molecule has 0 aliphatic rings. The van der Waals surface area contributed by atoms with Crippen molar-refractivity contribution in [1.82, 2.24) is 0 Å². The maximum atomic E-state index is 8.93. The van der Waals surface area contributed by atoms with Gasteiger partial charge in [-0.2, -0.15) is 15.8 Å². The second-order valence-corrected chi connectivity index (χ2v) is 3.28. The smallest absolute Gasteiger partial charge is 0.153 e. The van der Waals surface area contributed by atoms with Crippen molar-refractivity contribution in [2.45, 2.75) is 26.7 Å². The molecule has 4 heteroatoms. The molecule has 0 aliphatic carbocycles. The molecule has 0 unspecified atom stereocenters. The van der Waals surface area contributed by atoms with Crippen molar-refractivity contribution >= 4 is 0 Å². The van der Waals surface area contributed by atoms with E-state index >= 15 is 0 Å². The van der Waals surface area contributed by atoms with E-state index in [1.165, 1.54) is 0 Å². The number of nitriles is 3. The zero-order valence-corrected chi connectivity index (χ0v) is 9.49. The molecule has 16 heavy (non-hydrogen) atoms. The standard InChI is InChI=1S/C12H14N4/c1-3-9(4-2)5-10(6-13)12(16)11(7-14)8-15/h5,9H,3-4,16H2,1-2H3/b10-5+. The third kappa shape index (κ3) is 3.48. The van der Waals surface area contributed by atoms with Crippen LogP contribution in [0.5, 0.6) is 0 Å². The Balaban J connectivity index is 5.36. The van der Waals surface area contributed by atoms with E-state index in [2.05, 4.69) is 0 Å². The molecule has 2 N–H and O–H groups in total. The fraction of sp³-hybridized carbons (Fsp3) is 0.417. The topological polar surface area (TPSA) is 97.4 Å². The third-order valence-corrected chi connectivity index (χ3v) is 2.35. The van der Waals surface area contributed by atoms with Gasteiger partial charge in [0, 0.05) is 0 Å². The van der Waals surface area contributed by atoms with Gasteiger partial charge in [-0.3, -0.25) is 0 Å². The van der Waals surface area contributed by atoms with Crippen molar-refractivity contribution in [3.8, 4) is 18.2 Å². The summed E-state index contributed by atoms with van der Waals surface area (Å²) in [6, 6.07) is 5.28. The summed E-state index contributed by atoms with van der Waals surface area (Å²) >= 11 is 0. The summed E-state index contributed by atoms with van der Waals surface area (Å²) < 4.78 is 0. The van der Waals surface area contributed by atoms with Crippen LogP contribution in [-0.2, 0) is 0 Å². The molecule has 0 aromatic rings. The summed E-state index contributed by atoms with van der Waals surface area (Å²) in [5, 5.41) is 26.2. The van der Waals surface area contributed by atoms with Crippen LogP contribution in [0.1, 0.15) is 26.7 Å². The van der Waals surface area contributed by atoms with Crippen LogP contribution in [0.4, 0.5) is 0 Å². The first kappa shape index (κ1) is 13.8. The Hall–Kier alpha value is -2.25. The maximum Gasteiger partial charge on any atom is 0.153 e. The van der Waals surface area contributed by atoms with Gasteiger partial charge in [-0.25, -0.2) is 0 Å². The Labute approximate surface area is 95.9 Å². The van der Waals surface area contributed by atoms with Gasteiger partial charge >= 0.3 is 0 Å². The van der Waals surface area contributed by atoms with Gasteiger partial charge in [0.05, 0.1) is 11.3 Å². The normalized spacial score (nSPS) is 10.1. The van der Waals surface area contributed by atoms with Crippen LogP contribution in [0.2, 0.25) is 0 Å². The van der Waals surface area contributed by atoms with Gasteiger partial charge in [-0.1, -0.05) is 19.9 Å². The predicted molar refractivity (Wildman–Crippen MR) is 60.2 cm³/mol. The lowest BCUT2D eigenvalue weighted by molar-refractivity contribution is 0.604. The summed E-state index contributed by atoms with van der Waals surface area (Å²) in [4.78, 5) is 0. The Morgan fingerprint density at radius 3 is 1.94 bits per heavy atom. The summed E-state index contributed by atoms with van der Waals surface area (Å²) in [5.41, 5.74) is 5.57. The highest BCUT2D eigenvalue weighted by Crippen LogP contribution is 2.16. The van der Waals surface area contributed by atoms with Gasteiger partial charge in [0.25, 0.3) is 0 Å². The molecule has 0 fully saturated rings. The Bertz CT molecular complexity index is 403. The van der Waals surface area contributed by atoms with Gasteiger partial charge in [0.2, 0.25) is 0 Å². The fourth-order valence-electron chi connectivity index (χ4n) is 1.23. The molecule has 0 aliphatic heterocycles. The molecule has 0 heterocycles. The Morgan fingerprint density at radius 2 is 1.62 bits per heavy atom. The third-order valence-electron chi connectivity index (χ3n) is 2.35. The van der Waals surface area contributed by atoms with Crippen molar-refractivity contribution in [2.24, 2.45) is 11.7 Å². The fourth-order valence-corrected chi connectivity index (χ4v) is 1.23. The van der Waals surface area contributed by atoms with Gasteiger partial charge in [0.1, 0.15) is 18.2 Å². The summed E-state index contributed by atoms with van der Waals surface area (Å²) in [6.07, 6.45) is 3.51. The van der Waals surface area contributed by atoms with Crippen LogP contribution in [0.25, 0.3) is 0 Å². The van der Waals surface area contributed by atoms with Crippen molar-refractivity contribution in [2.75, 3.05) is 0 Å². The van der Waals surface area contributed by atoms with Crippen molar-refractivity contribution in [3.63, 3.8) is 0 Å². The quantitative estimate of drug-likeness (QED) is 0.572. The van der Waals surface area contributed by atoms with E-state index in [0.29, 0.717) is 0 Å². The first-order valence-corrected chi connectivity index (χ1v) is 5.06. The van der Waals surface area contributed by atoms with E-state index in [1.807, 2.05) is 19.9 Å². The van der Waals surface area contributed by atoms with Crippen molar-refractivity contribution < 1.29 is 0 Å². The summed E-state index contributed by atoms with van der Waals surface area (Å²) in [5.74, 6) is 0.242. The molecule has 0 saturated heterocycles. The van der Waals surface area contributed by atoms with E-state index in [9.17, 15) is 0 Å². The van der Waals surface area contributed by atoms with Gasteiger partial charge in [0.15, 0.2) is 5.57 Å². The maximum absolute atomic E-state index is 8.93. The van der Waals surface area contributed by atoms with Crippen LogP contribution in [0.15, 0.2) is 22.9 Å². The second kappa shape index (κ2) is 7.10. The molecule has 0 saturated carbocycles. The van der Waals surface area contributed by atoms with E-state index in [-0.39, 0.29) is 22.8 Å². The van der Waals surface area contributed by atoms with E-state index in [0.717, 1.165) is 12.8 Å². The Kier molecular flexibility index (Phi) is 6.10. The SMILES string of the molecule is CCC(/C=C(\C#N)C(N)=C(C#N)C#N)CC. The molecule has 0 spiro atoms. The lowest BCUT2D eigenvalue weighted by Crippen LogP contribution is -2.05. The molecule has 4 nitrogen and oxygen atoms in total. The average molecular weight is 214 g/mol. The van der Waals surface area contributed by atoms with E-state index in [4.69, 9.17) is 21.5 Å². The summed E-state index contributed by atoms with van der Waals surface area (Å²) in [7, 11) is 0. The zero-order chi connectivity index (χ0) is 12.6. The highest BCUT2D eigenvalue weighted by Gasteiger charge is 2.09. The van der Waals surface area contributed by atoms with Crippen LogP contribution in [-0.4, -0.2) is 0 Å². The lowest BCUT2D eigenvalue weighted by atomic mass is 9.98. The van der Waals surface area contributed by atoms with Crippen molar-refractivity contribution in [1.29, 1.82) is 15.8 Å². The largest absolute Gasteiger partial charge is 0.396 e. The van der Waals surface area contributed by atoms with Gasteiger partial charge in [-0.15, -0.1) is 0 Å². The van der Waals surface area contributed by atoms with Gasteiger partial charge < -0.3 is 5.73 Å². The highest BCUT2D eigenvalue weighted by atomic mass is 14.6. The number of nitrogens with zero attached hydrogens (tertiary/aromatic N) is 3. The number of allylic oxidation sites excluding steroid dienone is 3. The molecule has 0 atom stereocenters. The number of rotatable bonds is 4. The average Bonchev–Trinajstić information content (AvgIpc) is 2.32. The minimum Gasteiger partial charge on any atom is -0.396 e. The lowest BCUT2D eigenvalue weighted by Gasteiger charge is -2.07. The molecule has 0 rings (SSSR count). The molecule has 0 bridgehead atoms. The molecule has 0 radical (unpaired) electrons. The van der Waals surface area contributed by atoms with Crippen molar-refractivity contribution in [3.05, 3.63) is 22.9 Å². The molecule has 0 aromatic heterocycles. The molecular weight excluding hydrogens is 200 g/mol.